The van der Waals surface area contributed by atoms with E-state index in [4.69, 9.17) is 9.47 Å². The van der Waals surface area contributed by atoms with Gasteiger partial charge in [-0.05, 0) is 48.7 Å². The summed E-state index contributed by atoms with van der Waals surface area (Å²) in [5, 5.41) is 13.2. The highest BCUT2D eigenvalue weighted by Crippen LogP contribution is 2.14. The number of methoxy groups -OCH3 is 1. The van der Waals surface area contributed by atoms with E-state index in [9.17, 15) is 9.90 Å². The summed E-state index contributed by atoms with van der Waals surface area (Å²) in [6.45, 7) is 2.91. The Morgan fingerprint density at radius 1 is 1.12 bits per heavy atom. The highest BCUT2D eigenvalue weighted by atomic mass is 16.5. The number of carbonyl (C=O) groups is 1. The molecule has 5 heteroatoms. The third kappa shape index (κ3) is 7.25. The monoisotopic (exact) mass is 357 g/mol. The summed E-state index contributed by atoms with van der Waals surface area (Å²) in [7, 11) is 1.64. The van der Waals surface area contributed by atoms with Gasteiger partial charge in [0.1, 0.15) is 30.0 Å². The molecule has 0 amide bonds. The molecule has 0 bridgehead atoms. The molecule has 2 aromatic rings. The molecule has 0 aliphatic rings. The number of aryl methyl sites for hydroxylation is 1. The van der Waals surface area contributed by atoms with Crippen LogP contribution in [0.1, 0.15) is 24.5 Å². The van der Waals surface area contributed by atoms with Crippen LogP contribution in [-0.4, -0.2) is 37.3 Å². The maximum Gasteiger partial charge on any atom is 0.130 e. The van der Waals surface area contributed by atoms with E-state index >= 15 is 0 Å². The molecule has 1 unspecified atom stereocenters. The zero-order valence-electron chi connectivity index (χ0n) is 15.4. The summed E-state index contributed by atoms with van der Waals surface area (Å²) >= 11 is 0. The Morgan fingerprint density at radius 3 is 2.58 bits per heavy atom. The van der Waals surface area contributed by atoms with E-state index in [1.807, 2.05) is 48.5 Å². The van der Waals surface area contributed by atoms with Crippen molar-refractivity contribution in [3.05, 3.63) is 59.7 Å². The van der Waals surface area contributed by atoms with Crippen molar-refractivity contribution in [1.82, 2.24) is 5.32 Å². The third-order valence-electron chi connectivity index (χ3n) is 3.97. The average Bonchev–Trinajstić information content (AvgIpc) is 2.65. The number of rotatable bonds is 11. The van der Waals surface area contributed by atoms with Gasteiger partial charge in [0.2, 0.25) is 0 Å². The predicted octanol–water partition coefficient (Wildman–Crippen LogP) is 2.75. The Morgan fingerprint density at radius 2 is 1.88 bits per heavy atom. The summed E-state index contributed by atoms with van der Waals surface area (Å²) in [6, 6.07) is 15.4. The number of aliphatic hydroxyl groups is 1. The Hall–Kier alpha value is -2.37. The minimum atomic E-state index is -0.599. The van der Waals surface area contributed by atoms with Crippen molar-refractivity contribution >= 4 is 5.78 Å². The smallest absolute Gasteiger partial charge is 0.130 e. The molecular weight excluding hydrogens is 330 g/mol. The summed E-state index contributed by atoms with van der Waals surface area (Å²) in [5.74, 6) is 1.72. The second kappa shape index (κ2) is 10.6. The normalized spacial score (nSPS) is 11.8. The van der Waals surface area contributed by atoms with Crippen molar-refractivity contribution in [3.8, 4) is 11.5 Å². The maximum atomic E-state index is 11.0. The molecule has 0 aliphatic carbocycles. The van der Waals surface area contributed by atoms with Gasteiger partial charge in [0.15, 0.2) is 0 Å². The summed E-state index contributed by atoms with van der Waals surface area (Å²) in [4.78, 5) is 11.0. The van der Waals surface area contributed by atoms with E-state index in [-0.39, 0.29) is 12.4 Å². The van der Waals surface area contributed by atoms with Gasteiger partial charge in [-0.3, -0.25) is 0 Å². The molecule has 0 heterocycles. The topological polar surface area (TPSA) is 67.8 Å². The summed E-state index contributed by atoms with van der Waals surface area (Å²) in [6.07, 6.45) is 0.697. The fourth-order valence-electron chi connectivity index (χ4n) is 2.49. The van der Waals surface area contributed by atoms with Gasteiger partial charge in [-0.2, -0.15) is 0 Å². The number of nitrogens with one attached hydrogen (secondary N) is 1. The molecule has 2 rings (SSSR count). The highest BCUT2D eigenvalue weighted by molar-refractivity contribution is 5.75. The van der Waals surface area contributed by atoms with E-state index in [0.717, 1.165) is 23.3 Å². The van der Waals surface area contributed by atoms with E-state index in [2.05, 4.69) is 5.32 Å². The zero-order valence-corrected chi connectivity index (χ0v) is 15.4. The second-order valence-corrected chi connectivity index (χ2v) is 6.29. The fourth-order valence-corrected chi connectivity index (χ4v) is 2.49. The molecule has 5 nitrogen and oxygen atoms in total. The number of ketones is 1. The standard InChI is InChI=1S/C21H27NO4/c1-16(23)6-7-17-8-10-20(11-9-17)26-15-19(24)14-22-13-18-4-3-5-21(12-18)25-2/h3-5,8-12,19,22,24H,6-7,13-15H2,1-2H3. The van der Waals surface area contributed by atoms with Crippen LogP contribution in [0, 0.1) is 0 Å². The minimum absolute atomic E-state index is 0.190. The maximum absolute atomic E-state index is 11.0. The quantitative estimate of drug-likeness (QED) is 0.647. The molecule has 0 fully saturated rings. The molecule has 0 radical (unpaired) electrons. The van der Waals surface area contributed by atoms with Gasteiger partial charge in [-0.25, -0.2) is 0 Å². The largest absolute Gasteiger partial charge is 0.497 e. The molecule has 2 N–H and O–H groups in total. The SMILES string of the molecule is COc1cccc(CNCC(O)COc2ccc(CCC(C)=O)cc2)c1. The van der Waals surface area contributed by atoms with Gasteiger partial charge < -0.3 is 24.7 Å². The molecular formula is C21H27NO4. The number of carbonyl (C=O) groups excluding carboxylic acids is 1. The lowest BCUT2D eigenvalue weighted by Crippen LogP contribution is -2.31. The first-order chi connectivity index (χ1) is 12.6. The summed E-state index contributed by atoms with van der Waals surface area (Å²) in [5.41, 5.74) is 2.20. The molecule has 0 spiro atoms. The number of benzene rings is 2. The lowest BCUT2D eigenvalue weighted by atomic mass is 10.1. The van der Waals surface area contributed by atoms with E-state index in [1.54, 1.807) is 14.0 Å². The molecule has 2 aromatic carbocycles. The number of hydrogen-bond acceptors (Lipinski definition) is 5. The first-order valence-corrected chi connectivity index (χ1v) is 8.79. The van der Waals surface area contributed by atoms with Crippen LogP contribution in [0.25, 0.3) is 0 Å². The van der Waals surface area contributed by atoms with Crippen molar-refractivity contribution in [2.45, 2.75) is 32.4 Å². The number of hydrogen-bond donors (Lipinski definition) is 2. The molecule has 26 heavy (non-hydrogen) atoms. The van der Waals surface area contributed by atoms with Crippen LogP contribution in [0.15, 0.2) is 48.5 Å². The lowest BCUT2D eigenvalue weighted by Gasteiger charge is -2.14. The Balaban J connectivity index is 1.67. The first kappa shape index (κ1) is 19.9. The van der Waals surface area contributed by atoms with Crippen LogP contribution in [0.4, 0.5) is 0 Å². The third-order valence-corrected chi connectivity index (χ3v) is 3.97. The van der Waals surface area contributed by atoms with Gasteiger partial charge in [0.25, 0.3) is 0 Å². The molecule has 1 atom stereocenters. The molecule has 0 saturated carbocycles. The van der Waals surface area contributed by atoms with Gasteiger partial charge in [-0.1, -0.05) is 24.3 Å². The van der Waals surface area contributed by atoms with Crippen LogP contribution >= 0.6 is 0 Å². The van der Waals surface area contributed by atoms with Crippen molar-refractivity contribution in [3.63, 3.8) is 0 Å². The first-order valence-electron chi connectivity index (χ1n) is 8.79. The minimum Gasteiger partial charge on any atom is -0.497 e. The van der Waals surface area contributed by atoms with Gasteiger partial charge in [0.05, 0.1) is 7.11 Å². The Kier molecular flexibility index (Phi) is 8.12. The van der Waals surface area contributed by atoms with Crippen molar-refractivity contribution in [2.24, 2.45) is 0 Å². The molecule has 0 saturated heterocycles. The summed E-state index contributed by atoms with van der Waals surface area (Å²) < 4.78 is 10.8. The van der Waals surface area contributed by atoms with E-state index < -0.39 is 6.10 Å². The predicted molar refractivity (Wildman–Crippen MR) is 102 cm³/mol. The van der Waals surface area contributed by atoms with Gasteiger partial charge in [0, 0.05) is 19.5 Å². The van der Waals surface area contributed by atoms with Crippen LogP contribution in [0.5, 0.6) is 11.5 Å². The van der Waals surface area contributed by atoms with Gasteiger partial charge in [-0.15, -0.1) is 0 Å². The molecule has 0 aromatic heterocycles. The van der Waals surface area contributed by atoms with Crippen LogP contribution in [-0.2, 0) is 17.8 Å². The lowest BCUT2D eigenvalue weighted by molar-refractivity contribution is -0.116. The molecule has 0 aliphatic heterocycles. The van der Waals surface area contributed by atoms with Gasteiger partial charge >= 0.3 is 0 Å². The number of ether oxygens (including phenoxy) is 2. The van der Waals surface area contributed by atoms with E-state index in [1.165, 1.54) is 0 Å². The van der Waals surface area contributed by atoms with Crippen molar-refractivity contribution in [1.29, 1.82) is 0 Å². The van der Waals surface area contributed by atoms with E-state index in [0.29, 0.717) is 25.3 Å². The van der Waals surface area contributed by atoms with Crippen molar-refractivity contribution in [2.75, 3.05) is 20.3 Å². The van der Waals surface area contributed by atoms with Crippen molar-refractivity contribution < 1.29 is 19.4 Å². The van der Waals surface area contributed by atoms with Crippen LogP contribution in [0.3, 0.4) is 0 Å². The zero-order chi connectivity index (χ0) is 18.8. The number of Topliss-reactive ketones (excluding diaryl/α,β-unsaturated/α-hetero) is 1. The Bertz CT molecular complexity index is 685. The Labute approximate surface area is 155 Å². The molecule has 140 valence electrons. The highest BCUT2D eigenvalue weighted by Gasteiger charge is 2.06. The fraction of sp³-hybridized carbons (Fsp3) is 0.381. The second-order valence-electron chi connectivity index (χ2n) is 6.29. The van der Waals surface area contributed by atoms with Crippen LogP contribution in [0.2, 0.25) is 0 Å². The van der Waals surface area contributed by atoms with Crippen LogP contribution < -0.4 is 14.8 Å². The average molecular weight is 357 g/mol. The number of aliphatic hydroxyl groups excluding tert-OH is 1.